The molecule has 0 aliphatic carbocycles. The first kappa shape index (κ1) is 15.6. The van der Waals surface area contributed by atoms with Crippen LogP contribution in [0.2, 0.25) is 5.02 Å². The minimum atomic E-state index is -0.387. The number of hydrogen-bond acceptors (Lipinski definition) is 4. The zero-order valence-corrected chi connectivity index (χ0v) is 13.0. The number of esters is 1. The Morgan fingerprint density at radius 2 is 2.14 bits per heavy atom. The van der Waals surface area contributed by atoms with Crippen LogP contribution in [0.5, 0.6) is 0 Å². The van der Waals surface area contributed by atoms with Crippen molar-refractivity contribution in [1.29, 1.82) is 0 Å². The third-order valence-corrected chi connectivity index (χ3v) is 3.67. The maximum absolute atomic E-state index is 11.5. The monoisotopic (exact) mass is 307 g/mol. The van der Waals surface area contributed by atoms with E-state index in [0.29, 0.717) is 23.6 Å². The second kappa shape index (κ2) is 6.78. The first-order valence-electron chi connectivity index (χ1n) is 6.68. The zero-order chi connectivity index (χ0) is 15.4. The molecule has 2 rings (SSSR count). The van der Waals surface area contributed by atoms with E-state index in [1.807, 2.05) is 31.2 Å². The molecule has 0 amide bonds. The number of halogens is 1. The number of benzene rings is 1. The summed E-state index contributed by atoms with van der Waals surface area (Å²) < 4.78 is 10.3. The minimum Gasteiger partial charge on any atom is -0.465 e. The molecule has 1 aromatic heterocycles. The summed E-state index contributed by atoms with van der Waals surface area (Å²) in [5.74, 6) is 0.859. The average Bonchev–Trinajstić information content (AvgIpc) is 2.85. The van der Waals surface area contributed by atoms with Crippen molar-refractivity contribution < 1.29 is 13.9 Å². The predicted molar refractivity (Wildman–Crippen MR) is 81.5 cm³/mol. The van der Waals surface area contributed by atoms with Crippen molar-refractivity contribution in [1.82, 2.24) is 5.32 Å². The standard InChI is InChI=1S/C16H18ClNO3/c1-10(13-6-4-5-7-15(13)17)18-9-12-8-14(11(2)21-12)16(19)20-3/h4-8,10,18H,9H2,1-3H3/t10-/m1/s1. The SMILES string of the molecule is COC(=O)c1cc(CN[C@H](C)c2ccccc2Cl)oc1C. The number of nitrogens with one attached hydrogen (secondary N) is 1. The molecule has 0 saturated heterocycles. The van der Waals surface area contributed by atoms with Gasteiger partial charge in [0.25, 0.3) is 0 Å². The Balaban J connectivity index is 2.03. The lowest BCUT2D eigenvalue weighted by molar-refractivity contribution is 0.0599. The van der Waals surface area contributed by atoms with Gasteiger partial charge < -0.3 is 14.5 Å². The zero-order valence-electron chi connectivity index (χ0n) is 12.3. The van der Waals surface area contributed by atoms with Crippen LogP contribution in [0.4, 0.5) is 0 Å². The number of furan rings is 1. The lowest BCUT2D eigenvalue weighted by Gasteiger charge is -2.14. The fourth-order valence-corrected chi connectivity index (χ4v) is 2.43. The number of aryl methyl sites for hydroxylation is 1. The summed E-state index contributed by atoms with van der Waals surface area (Å²) in [6.07, 6.45) is 0. The van der Waals surface area contributed by atoms with Gasteiger partial charge in [-0.2, -0.15) is 0 Å². The van der Waals surface area contributed by atoms with E-state index in [1.54, 1.807) is 13.0 Å². The van der Waals surface area contributed by atoms with Gasteiger partial charge in [0.05, 0.1) is 13.7 Å². The van der Waals surface area contributed by atoms with Gasteiger partial charge in [-0.15, -0.1) is 0 Å². The van der Waals surface area contributed by atoms with E-state index in [0.717, 1.165) is 10.6 Å². The molecule has 0 radical (unpaired) electrons. The fourth-order valence-electron chi connectivity index (χ4n) is 2.13. The van der Waals surface area contributed by atoms with Crippen molar-refractivity contribution in [2.24, 2.45) is 0 Å². The van der Waals surface area contributed by atoms with Gasteiger partial charge in [0.2, 0.25) is 0 Å². The Morgan fingerprint density at radius 3 is 2.81 bits per heavy atom. The molecular formula is C16H18ClNO3. The van der Waals surface area contributed by atoms with E-state index in [9.17, 15) is 4.79 Å². The van der Waals surface area contributed by atoms with Crippen LogP contribution in [-0.4, -0.2) is 13.1 Å². The summed E-state index contributed by atoms with van der Waals surface area (Å²) in [5, 5.41) is 4.05. The quantitative estimate of drug-likeness (QED) is 0.852. The molecule has 4 nitrogen and oxygen atoms in total. The lowest BCUT2D eigenvalue weighted by Crippen LogP contribution is -2.18. The summed E-state index contributed by atoms with van der Waals surface area (Å²) in [4.78, 5) is 11.5. The highest BCUT2D eigenvalue weighted by Gasteiger charge is 2.16. The molecule has 0 bridgehead atoms. The highest BCUT2D eigenvalue weighted by atomic mass is 35.5. The van der Waals surface area contributed by atoms with Crippen LogP contribution in [0.3, 0.4) is 0 Å². The summed E-state index contributed by atoms with van der Waals surface area (Å²) in [6.45, 7) is 4.27. The molecule has 0 fully saturated rings. The van der Waals surface area contributed by atoms with Gasteiger partial charge in [-0.05, 0) is 31.5 Å². The molecule has 1 N–H and O–H groups in total. The van der Waals surface area contributed by atoms with Gasteiger partial charge in [0.1, 0.15) is 17.1 Å². The topological polar surface area (TPSA) is 51.5 Å². The molecule has 1 atom stereocenters. The molecule has 0 aliphatic heterocycles. The molecule has 1 aromatic carbocycles. The summed E-state index contributed by atoms with van der Waals surface area (Å²) in [6, 6.07) is 9.47. The third-order valence-electron chi connectivity index (χ3n) is 3.33. The Morgan fingerprint density at radius 1 is 1.43 bits per heavy atom. The van der Waals surface area contributed by atoms with Gasteiger partial charge in [-0.25, -0.2) is 4.79 Å². The Bertz CT molecular complexity index is 636. The van der Waals surface area contributed by atoms with E-state index >= 15 is 0 Å². The van der Waals surface area contributed by atoms with Crippen LogP contribution in [0, 0.1) is 6.92 Å². The van der Waals surface area contributed by atoms with Crippen molar-refractivity contribution in [3.63, 3.8) is 0 Å². The third kappa shape index (κ3) is 3.65. The molecular weight excluding hydrogens is 290 g/mol. The van der Waals surface area contributed by atoms with Gasteiger partial charge in [-0.1, -0.05) is 29.8 Å². The Kier molecular flexibility index (Phi) is 5.04. The maximum atomic E-state index is 11.5. The van der Waals surface area contributed by atoms with Crippen molar-refractivity contribution in [2.45, 2.75) is 26.4 Å². The van der Waals surface area contributed by atoms with Crippen molar-refractivity contribution >= 4 is 17.6 Å². The molecule has 0 spiro atoms. The molecule has 112 valence electrons. The van der Waals surface area contributed by atoms with Crippen molar-refractivity contribution in [3.05, 3.63) is 58.0 Å². The van der Waals surface area contributed by atoms with Crippen LogP contribution in [0.15, 0.2) is 34.7 Å². The van der Waals surface area contributed by atoms with E-state index in [-0.39, 0.29) is 12.0 Å². The molecule has 1 heterocycles. The molecule has 0 aliphatic rings. The van der Waals surface area contributed by atoms with Crippen LogP contribution in [-0.2, 0) is 11.3 Å². The molecule has 21 heavy (non-hydrogen) atoms. The number of carbonyl (C=O) groups excluding carboxylic acids is 1. The first-order chi connectivity index (χ1) is 10.0. The predicted octanol–water partition coefficient (Wildman–Crippen LogP) is 3.88. The smallest absolute Gasteiger partial charge is 0.341 e. The summed E-state index contributed by atoms with van der Waals surface area (Å²) in [5.41, 5.74) is 1.48. The Labute approximate surface area is 129 Å². The van der Waals surface area contributed by atoms with E-state index in [2.05, 4.69) is 5.32 Å². The maximum Gasteiger partial charge on any atom is 0.341 e. The van der Waals surface area contributed by atoms with Crippen LogP contribution in [0.1, 0.15) is 40.4 Å². The lowest BCUT2D eigenvalue weighted by atomic mass is 10.1. The van der Waals surface area contributed by atoms with Gasteiger partial charge >= 0.3 is 5.97 Å². The van der Waals surface area contributed by atoms with Gasteiger partial charge in [0, 0.05) is 11.1 Å². The number of ether oxygens (including phenoxy) is 1. The highest BCUT2D eigenvalue weighted by molar-refractivity contribution is 6.31. The molecule has 0 unspecified atom stereocenters. The minimum absolute atomic E-state index is 0.0747. The largest absolute Gasteiger partial charge is 0.465 e. The van der Waals surface area contributed by atoms with Gasteiger partial charge in [-0.3, -0.25) is 0 Å². The van der Waals surface area contributed by atoms with Crippen molar-refractivity contribution in [3.8, 4) is 0 Å². The van der Waals surface area contributed by atoms with Crippen molar-refractivity contribution in [2.75, 3.05) is 7.11 Å². The van der Waals surface area contributed by atoms with Crippen LogP contribution in [0.25, 0.3) is 0 Å². The van der Waals surface area contributed by atoms with E-state index < -0.39 is 0 Å². The number of methoxy groups -OCH3 is 1. The molecule has 0 saturated carbocycles. The first-order valence-corrected chi connectivity index (χ1v) is 7.06. The van der Waals surface area contributed by atoms with Crippen LogP contribution < -0.4 is 5.32 Å². The number of hydrogen-bond donors (Lipinski definition) is 1. The second-order valence-corrected chi connectivity index (χ2v) is 5.21. The second-order valence-electron chi connectivity index (χ2n) is 4.80. The fraction of sp³-hybridized carbons (Fsp3) is 0.312. The Hall–Kier alpha value is -1.78. The summed E-state index contributed by atoms with van der Waals surface area (Å²) in [7, 11) is 1.35. The molecule has 5 heteroatoms. The van der Waals surface area contributed by atoms with E-state index in [1.165, 1.54) is 7.11 Å². The van der Waals surface area contributed by atoms with Crippen LogP contribution >= 0.6 is 11.6 Å². The average molecular weight is 308 g/mol. The normalized spacial score (nSPS) is 12.2. The number of rotatable bonds is 5. The summed E-state index contributed by atoms with van der Waals surface area (Å²) >= 11 is 6.17. The van der Waals surface area contributed by atoms with E-state index in [4.69, 9.17) is 20.8 Å². The van der Waals surface area contributed by atoms with Gasteiger partial charge in [0.15, 0.2) is 0 Å². The molecule has 2 aromatic rings. The number of carbonyl (C=O) groups is 1. The highest BCUT2D eigenvalue weighted by Crippen LogP contribution is 2.23.